The lowest BCUT2D eigenvalue weighted by Gasteiger charge is -2.12. The summed E-state index contributed by atoms with van der Waals surface area (Å²) in [5.74, 6) is 3.28. The Morgan fingerprint density at radius 3 is 2.37 bits per heavy atom. The van der Waals surface area contributed by atoms with Crippen LogP contribution in [0.15, 0.2) is 0 Å². The first kappa shape index (κ1) is 13.8. The highest BCUT2D eigenvalue weighted by molar-refractivity contribution is 7.89. The standard InChI is InChI=1S/C14H26N2O2S/c1-9(2)15-6-3-7-19(17,18)16-14-12-10-4-5-11(8-10)13(12)14/h9-16H,3-8H2,1-2H3. The molecule has 19 heavy (non-hydrogen) atoms. The fourth-order valence-electron chi connectivity index (χ4n) is 4.40. The smallest absolute Gasteiger partial charge is 0.211 e. The van der Waals surface area contributed by atoms with Gasteiger partial charge in [-0.2, -0.15) is 0 Å². The lowest BCUT2D eigenvalue weighted by Crippen LogP contribution is -2.33. The average Bonchev–Trinajstić information content (AvgIpc) is 2.74. The molecule has 0 saturated heterocycles. The van der Waals surface area contributed by atoms with Gasteiger partial charge in [0.2, 0.25) is 10.0 Å². The van der Waals surface area contributed by atoms with Crippen LogP contribution in [0.4, 0.5) is 0 Å². The Balaban J connectivity index is 1.43. The second-order valence-electron chi connectivity index (χ2n) is 6.91. The van der Waals surface area contributed by atoms with E-state index >= 15 is 0 Å². The van der Waals surface area contributed by atoms with Gasteiger partial charge in [-0.05, 0) is 55.9 Å². The van der Waals surface area contributed by atoms with Gasteiger partial charge in [-0.1, -0.05) is 13.8 Å². The summed E-state index contributed by atoms with van der Waals surface area (Å²) in [5.41, 5.74) is 0. The minimum absolute atomic E-state index is 0.262. The molecular formula is C14H26N2O2S. The number of fused-ring (bicyclic) bond motifs is 5. The molecule has 3 rings (SSSR count). The molecule has 0 aromatic heterocycles. The van der Waals surface area contributed by atoms with Crippen LogP contribution in [0.25, 0.3) is 0 Å². The monoisotopic (exact) mass is 286 g/mol. The first-order valence-electron chi connectivity index (χ1n) is 7.71. The van der Waals surface area contributed by atoms with Gasteiger partial charge in [0.05, 0.1) is 5.75 Å². The van der Waals surface area contributed by atoms with Crippen molar-refractivity contribution in [1.82, 2.24) is 10.0 Å². The molecule has 0 heterocycles. The zero-order chi connectivity index (χ0) is 13.6. The molecule has 4 unspecified atom stereocenters. The fraction of sp³-hybridized carbons (Fsp3) is 1.00. The number of nitrogens with one attached hydrogen (secondary N) is 2. The summed E-state index contributed by atoms with van der Waals surface area (Å²) in [5, 5.41) is 3.26. The van der Waals surface area contributed by atoms with Crippen molar-refractivity contribution in [2.45, 2.75) is 51.6 Å². The van der Waals surface area contributed by atoms with Crippen molar-refractivity contribution in [2.75, 3.05) is 12.3 Å². The van der Waals surface area contributed by atoms with E-state index in [1.807, 2.05) is 0 Å². The molecule has 0 aromatic rings. The van der Waals surface area contributed by atoms with Crippen LogP contribution in [0.3, 0.4) is 0 Å². The molecule has 2 bridgehead atoms. The lowest BCUT2D eigenvalue weighted by atomic mass is 10.0. The van der Waals surface area contributed by atoms with Crippen molar-refractivity contribution >= 4 is 10.0 Å². The molecular weight excluding hydrogens is 260 g/mol. The van der Waals surface area contributed by atoms with E-state index in [1.165, 1.54) is 19.3 Å². The van der Waals surface area contributed by atoms with Crippen LogP contribution < -0.4 is 10.0 Å². The van der Waals surface area contributed by atoms with Gasteiger partial charge in [-0.3, -0.25) is 0 Å². The first-order valence-corrected chi connectivity index (χ1v) is 9.36. The topological polar surface area (TPSA) is 58.2 Å². The quantitative estimate of drug-likeness (QED) is 0.694. The molecule has 3 saturated carbocycles. The van der Waals surface area contributed by atoms with Crippen LogP contribution >= 0.6 is 0 Å². The van der Waals surface area contributed by atoms with Gasteiger partial charge in [0, 0.05) is 12.1 Å². The van der Waals surface area contributed by atoms with Crippen LogP contribution in [0.2, 0.25) is 0 Å². The summed E-state index contributed by atoms with van der Waals surface area (Å²) in [7, 11) is -3.07. The molecule has 0 spiro atoms. The molecule has 3 fully saturated rings. The number of hydrogen-bond donors (Lipinski definition) is 2. The van der Waals surface area contributed by atoms with E-state index in [0.29, 0.717) is 24.3 Å². The predicted molar refractivity (Wildman–Crippen MR) is 76.3 cm³/mol. The molecule has 0 aliphatic heterocycles. The molecule has 0 radical (unpaired) electrons. The van der Waals surface area contributed by atoms with E-state index in [1.54, 1.807) is 0 Å². The molecule has 3 aliphatic carbocycles. The van der Waals surface area contributed by atoms with Crippen molar-refractivity contribution in [3.63, 3.8) is 0 Å². The normalized spacial score (nSPS) is 39.8. The minimum Gasteiger partial charge on any atom is -0.314 e. The van der Waals surface area contributed by atoms with E-state index in [4.69, 9.17) is 0 Å². The highest BCUT2D eigenvalue weighted by atomic mass is 32.2. The molecule has 110 valence electrons. The Kier molecular flexibility index (Phi) is 3.65. The Labute approximate surface area is 116 Å². The Bertz CT molecular complexity index is 419. The summed E-state index contributed by atoms with van der Waals surface area (Å²) in [6, 6.07) is 0.711. The minimum atomic E-state index is -3.07. The van der Waals surface area contributed by atoms with E-state index in [0.717, 1.165) is 18.4 Å². The van der Waals surface area contributed by atoms with Gasteiger partial charge in [-0.25, -0.2) is 13.1 Å². The van der Waals surface area contributed by atoms with Crippen LogP contribution in [0.1, 0.15) is 39.5 Å². The van der Waals surface area contributed by atoms with E-state index in [-0.39, 0.29) is 11.8 Å². The fourth-order valence-corrected chi connectivity index (χ4v) is 5.77. The zero-order valence-electron chi connectivity index (χ0n) is 11.9. The van der Waals surface area contributed by atoms with Crippen LogP contribution in [0.5, 0.6) is 0 Å². The summed E-state index contributed by atoms with van der Waals surface area (Å²) in [4.78, 5) is 0. The molecule has 0 aromatic carbocycles. The first-order chi connectivity index (χ1) is 8.98. The van der Waals surface area contributed by atoms with Gasteiger partial charge >= 0.3 is 0 Å². The highest BCUT2D eigenvalue weighted by Gasteiger charge is 2.65. The number of sulfonamides is 1. The van der Waals surface area contributed by atoms with Gasteiger partial charge in [-0.15, -0.1) is 0 Å². The van der Waals surface area contributed by atoms with Crippen molar-refractivity contribution in [3.05, 3.63) is 0 Å². The molecule has 0 amide bonds. The van der Waals surface area contributed by atoms with E-state index in [2.05, 4.69) is 23.9 Å². The Morgan fingerprint density at radius 2 is 1.79 bits per heavy atom. The summed E-state index contributed by atoms with van der Waals surface area (Å²) >= 11 is 0. The van der Waals surface area contributed by atoms with Gasteiger partial charge < -0.3 is 5.32 Å². The van der Waals surface area contributed by atoms with Crippen LogP contribution in [-0.4, -0.2) is 32.8 Å². The van der Waals surface area contributed by atoms with Crippen molar-refractivity contribution in [1.29, 1.82) is 0 Å². The summed E-state index contributed by atoms with van der Waals surface area (Å²) in [6.45, 7) is 4.93. The third-order valence-electron chi connectivity index (χ3n) is 5.19. The van der Waals surface area contributed by atoms with E-state index < -0.39 is 10.0 Å². The van der Waals surface area contributed by atoms with Crippen LogP contribution in [0, 0.1) is 23.7 Å². The van der Waals surface area contributed by atoms with Gasteiger partial charge in [0.1, 0.15) is 0 Å². The maximum absolute atomic E-state index is 12.1. The Morgan fingerprint density at radius 1 is 1.16 bits per heavy atom. The Hall–Kier alpha value is -0.130. The third-order valence-corrected chi connectivity index (χ3v) is 6.65. The number of rotatable bonds is 7. The third kappa shape index (κ3) is 2.83. The zero-order valence-corrected chi connectivity index (χ0v) is 12.7. The van der Waals surface area contributed by atoms with E-state index in [9.17, 15) is 8.42 Å². The summed E-state index contributed by atoms with van der Waals surface area (Å²) in [6.07, 6.45) is 4.74. The SMILES string of the molecule is CC(C)NCCCS(=O)(=O)NC1C2C3CCC(C3)C12. The van der Waals surface area contributed by atoms with Crippen molar-refractivity contribution in [3.8, 4) is 0 Å². The highest BCUT2D eigenvalue weighted by Crippen LogP contribution is 2.65. The molecule has 5 heteroatoms. The lowest BCUT2D eigenvalue weighted by molar-refractivity contribution is 0.456. The second-order valence-corrected chi connectivity index (χ2v) is 8.79. The predicted octanol–water partition coefficient (Wildman–Crippen LogP) is 1.34. The maximum atomic E-state index is 12.1. The number of hydrogen-bond acceptors (Lipinski definition) is 3. The van der Waals surface area contributed by atoms with Gasteiger partial charge in [0.15, 0.2) is 0 Å². The average molecular weight is 286 g/mol. The second kappa shape index (κ2) is 5.01. The van der Waals surface area contributed by atoms with Crippen molar-refractivity contribution < 1.29 is 8.42 Å². The summed E-state index contributed by atoms with van der Waals surface area (Å²) < 4.78 is 27.1. The largest absolute Gasteiger partial charge is 0.314 e. The van der Waals surface area contributed by atoms with Crippen molar-refractivity contribution in [2.24, 2.45) is 23.7 Å². The molecule has 4 nitrogen and oxygen atoms in total. The molecule has 2 N–H and O–H groups in total. The van der Waals surface area contributed by atoms with Gasteiger partial charge in [0.25, 0.3) is 0 Å². The molecule has 3 aliphatic rings. The maximum Gasteiger partial charge on any atom is 0.211 e. The molecule has 4 atom stereocenters. The van der Waals surface area contributed by atoms with Crippen LogP contribution in [-0.2, 0) is 10.0 Å².